The molecule has 0 saturated carbocycles. The fraction of sp³-hybridized carbons (Fsp3) is 0.600. The summed E-state index contributed by atoms with van der Waals surface area (Å²) in [5.41, 5.74) is 4.06. The van der Waals surface area contributed by atoms with Gasteiger partial charge < -0.3 is 10.1 Å². The summed E-state index contributed by atoms with van der Waals surface area (Å²) < 4.78 is 5.98. The van der Waals surface area contributed by atoms with E-state index in [4.69, 9.17) is 4.74 Å². The molecule has 2 rings (SSSR count). The summed E-state index contributed by atoms with van der Waals surface area (Å²) in [4.78, 5) is 0. The molecule has 0 radical (unpaired) electrons. The number of aryl methyl sites for hydroxylation is 2. The van der Waals surface area contributed by atoms with Gasteiger partial charge in [-0.2, -0.15) is 0 Å². The van der Waals surface area contributed by atoms with E-state index in [0.29, 0.717) is 5.92 Å². The molecule has 2 atom stereocenters. The Morgan fingerprint density at radius 2 is 2.12 bits per heavy atom. The molecule has 17 heavy (non-hydrogen) atoms. The molecule has 1 saturated heterocycles. The van der Waals surface area contributed by atoms with Crippen LogP contribution in [-0.4, -0.2) is 20.2 Å². The molecular weight excluding hydrogens is 210 g/mol. The maximum absolute atomic E-state index is 5.98. The predicted octanol–water partition coefficient (Wildman–Crippen LogP) is 2.99. The lowest BCUT2D eigenvalue weighted by Gasteiger charge is -2.32. The first-order valence-electron chi connectivity index (χ1n) is 6.55. The summed E-state index contributed by atoms with van der Waals surface area (Å²) in [5, 5.41) is 3.28. The molecule has 2 unspecified atom stereocenters. The molecule has 1 fully saturated rings. The van der Waals surface area contributed by atoms with E-state index in [1.54, 1.807) is 0 Å². The first kappa shape index (κ1) is 12.6. The van der Waals surface area contributed by atoms with Crippen molar-refractivity contribution in [3.63, 3.8) is 0 Å². The zero-order valence-corrected chi connectivity index (χ0v) is 11.1. The SMILES string of the molecule is CNCC1CCCOC1c1ccc(C)c(C)c1. The van der Waals surface area contributed by atoms with Crippen LogP contribution in [0.5, 0.6) is 0 Å². The molecule has 1 aliphatic rings. The van der Waals surface area contributed by atoms with Crippen LogP contribution in [0.3, 0.4) is 0 Å². The molecule has 0 bridgehead atoms. The van der Waals surface area contributed by atoms with Crippen LogP contribution < -0.4 is 5.32 Å². The largest absolute Gasteiger partial charge is 0.373 e. The van der Waals surface area contributed by atoms with Gasteiger partial charge in [0.2, 0.25) is 0 Å². The molecule has 1 aromatic carbocycles. The maximum Gasteiger partial charge on any atom is 0.0865 e. The number of nitrogens with one attached hydrogen (secondary N) is 1. The Balaban J connectivity index is 2.20. The van der Waals surface area contributed by atoms with Crippen molar-refractivity contribution < 1.29 is 4.74 Å². The van der Waals surface area contributed by atoms with E-state index in [1.165, 1.54) is 29.5 Å². The van der Waals surface area contributed by atoms with E-state index in [-0.39, 0.29) is 6.10 Å². The highest BCUT2D eigenvalue weighted by Crippen LogP contribution is 2.33. The molecule has 0 aromatic heterocycles. The Bertz CT molecular complexity index is 373. The van der Waals surface area contributed by atoms with E-state index in [1.807, 2.05) is 7.05 Å². The van der Waals surface area contributed by atoms with E-state index < -0.39 is 0 Å². The molecule has 1 aliphatic heterocycles. The van der Waals surface area contributed by atoms with Gasteiger partial charge in [-0.05, 0) is 50.4 Å². The number of ether oxygens (including phenoxy) is 1. The van der Waals surface area contributed by atoms with Gasteiger partial charge in [-0.1, -0.05) is 18.2 Å². The monoisotopic (exact) mass is 233 g/mol. The standard InChI is InChI=1S/C15H23NO/c1-11-6-7-13(9-12(11)2)15-14(10-16-3)5-4-8-17-15/h6-7,9,14-16H,4-5,8,10H2,1-3H3. The molecule has 1 heterocycles. The van der Waals surface area contributed by atoms with E-state index in [9.17, 15) is 0 Å². The Morgan fingerprint density at radius 3 is 2.82 bits per heavy atom. The molecule has 1 aromatic rings. The van der Waals surface area contributed by atoms with Crippen molar-refractivity contribution in [2.45, 2.75) is 32.8 Å². The lowest BCUT2D eigenvalue weighted by atomic mass is 9.88. The van der Waals surface area contributed by atoms with E-state index in [2.05, 4.69) is 37.4 Å². The van der Waals surface area contributed by atoms with Crippen LogP contribution in [0, 0.1) is 19.8 Å². The summed E-state index contributed by atoms with van der Waals surface area (Å²) >= 11 is 0. The molecular formula is C15H23NO. The summed E-state index contributed by atoms with van der Waals surface area (Å²) in [6, 6.07) is 6.72. The highest BCUT2D eigenvalue weighted by atomic mass is 16.5. The molecule has 0 aliphatic carbocycles. The normalized spacial score (nSPS) is 24.9. The minimum atomic E-state index is 0.274. The van der Waals surface area contributed by atoms with Crippen LogP contribution in [0.4, 0.5) is 0 Å². The number of hydrogen-bond acceptors (Lipinski definition) is 2. The van der Waals surface area contributed by atoms with Crippen LogP contribution in [0.15, 0.2) is 18.2 Å². The molecule has 1 N–H and O–H groups in total. The summed E-state index contributed by atoms with van der Waals surface area (Å²) in [7, 11) is 2.02. The smallest absolute Gasteiger partial charge is 0.0865 e. The topological polar surface area (TPSA) is 21.3 Å². The van der Waals surface area contributed by atoms with Crippen molar-refractivity contribution in [2.24, 2.45) is 5.92 Å². The third kappa shape index (κ3) is 2.88. The molecule has 2 heteroatoms. The van der Waals surface area contributed by atoms with Crippen molar-refractivity contribution in [1.29, 1.82) is 0 Å². The van der Waals surface area contributed by atoms with Crippen LogP contribution in [0.25, 0.3) is 0 Å². The van der Waals surface area contributed by atoms with Crippen LogP contribution in [0.2, 0.25) is 0 Å². The average Bonchev–Trinajstić information content (AvgIpc) is 2.34. The lowest BCUT2D eigenvalue weighted by Crippen LogP contribution is -2.30. The lowest BCUT2D eigenvalue weighted by molar-refractivity contribution is -0.0272. The second-order valence-electron chi connectivity index (χ2n) is 5.10. The van der Waals surface area contributed by atoms with Gasteiger partial charge in [-0.3, -0.25) is 0 Å². The van der Waals surface area contributed by atoms with Gasteiger partial charge in [0.1, 0.15) is 0 Å². The van der Waals surface area contributed by atoms with Crippen molar-refractivity contribution >= 4 is 0 Å². The number of rotatable bonds is 3. The minimum absolute atomic E-state index is 0.274. The average molecular weight is 233 g/mol. The summed E-state index contributed by atoms with van der Waals surface area (Å²) in [6.45, 7) is 6.27. The van der Waals surface area contributed by atoms with Crippen molar-refractivity contribution in [3.05, 3.63) is 34.9 Å². The third-order valence-electron chi connectivity index (χ3n) is 3.77. The highest BCUT2D eigenvalue weighted by molar-refractivity contribution is 5.31. The summed E-state index contributed by atoms with van der Waals surface area (Å²) in [5.74, 6) is 0.607. The van der Waals surface area contributed by atoms with Gasteiger partial charge in [0.05, 0.1) is 6.10 Å². The highest BCUT2D eigenvalue weighted by Gasteiger charge is 2.26. The van der Waals surface area contributed by atoms with Gasteiger partial charge in [-0.25, -0.2) is 0 Å². The van der Waals surface area contributed by atoms with Crippen molar-refractivity contribution in [2.75, 3.05) is 20.2 Å². The minimum Gasteiger partial charge on any atom is -0.373 e. The van der Waals surface area contributed by atoms with Gasteiger partial charge in [-0.15, -0.1) is 0 Å². The van der Waals surface area contributed by atoms with Crippen LogP contribution >= 0.6 is 0 Å². The van der Waals surface area contributed by atoms with Crippen molar-refractivity contribution in [1.82, 2.24) is 5.32 Å². The first-order valence-corrected chi connectivity index (χ1v) is 6.55. The van der Waals surface area contributed by atoms with E-state index in [0.717, 1.165) is 13.2 Å². The first-order chi connectivity index (χ1) is 8.22. The van der Waals surface area contributed by atoms with Gasteiger partial charge >= 0.3 is 0 Å². The Labute approximate surface area is 104 Å². The Morgan fingerprint density at radius 1 is 1.29 bits per heavy atom. The fourth-order valence-electron chi connectivity index (χ4n) is 2.62. The Kier molecular flexibility index (Phi) is 4.19. The zero-order valence-electron chi connectivity index (χ0n) is 11.1. The second-order valence-corrected chi connectivity index (χ2v) is 5.10. The number of benzene rings is 1. The predicted molar refractivity (Wildman–Crippen MR) is 71.3 cm³/mol. The van der Waals surface area contributed by atoms with Gasteiger partial charge in [0, 0.05) is 19.1 Å². The quantitative estimate of drug-likeness (QED) is 0.866. The molecule has 2 nitrogen and oxygen atoms in total. The van der Waals surface area contributed by atoms with Crippen molar-refractivity contribution in [3.8, 4) is 0 Å². The Hall–Kier alpha value is -0.860. The van der Waals surface area contributed by atoms with Gasteiger partial charge in [0.15, 0.2) is 0 Å². The molecule has 0 amide bonds. The fourth-order valence-corrected chi connectivity index (χ4v) is 2.62. The van der Waals surface area contributed by atoms with Crippen LogP contribution in [-0.2, 0) is 4.74 Å². The number of hydrogen-bond donors (Lipinski definition) is 1. The molecule has 94 valence electrons. The summed E-state index contributed by atoms with van der Waals surface area (Å²) in [6.07, 6.45) is 2.72. The molecule has 0 spiro atoms. The van der Waals surface area contributed by atoms with Crippen LogP contribution in [0.1, 0.15) is 35.6 Å². The third-order valence-corrected chi connectivity index (χ3v) is 3.77. The second kappa shape index (κ2) is 5.65. The van der Waals surface area contributed by atoms with E-state index >= 15 is 0 Å². The maximum atomic E-state index is 5.98. The zero-order chi connectivity index (χ0) is 12.3. The van der Waals surface area contributed by atoms with Gasteiger partial charge in [0.25, 0.3) is 0 Å².